The molecule has 0 bridgehead atoms. The lowest BCUT2D eigenvalue weighted by molar-refractivity contribution is 0.0549. The van der Waals surface area contributed by atoms with Crippen molar-refractivity contribution < 1.29 is 9.53 Å². The van der Waals surface area contributed by atoms with E-state index in [9.17, 15) is 4.79 Å². The summed E-state index contributed by atoms with van der Waals surface area (Å²) in [6.07, 6.45) is 13.9. The first-order valence-corrected chi connectivity index (χ1v) is 11.8. The smallest absolute Gasteiger partial charge is 0.338 e. The zero-order chi connectivity index (χ0) is 21.5. The Labute approximate surface area is 180 Å². The minimum atomic E-state index is -0.248. The second-order valence-electron chi connectivity index (χ2n) is 9.37. The molecule has 0 saturated heterocycles. The number of esters is 1. The molecule has 0 saturated carbocycles. The van der Waals surface area contributed by atoms with Crippen molar-refractivity contribution in [3.63, 3.8) is 0 Å². The van der Waals surface area contributed by atoms with E-state index in [0.717, 1.165) is 24.2 Å². The van der Waals surface area contributed by atoms with Crippen molar-refractivity contribution in [3.8, 4) is 0 Å². The number of benzene rings is 1. The van der Waals surface area contributed by atoms with Gasteiger partial charge in [-0.1, -0.05) is 96.4 Å². The van der Waals surface area contributed by atoms with Crippen molar-refractivity contribution in [3.05, 3.63) is 47.5 Å². The lowest BCUT2D eigenvalue weighted by atomic mass is 9.91. The molecule has 2 atom stereocenters. The molecule has 2 unspecified atom stereocenters. The minimum Gasteiger partial charge on any atom is -0.458 e. The number of carbonyl (C=O) groups excluding carboxylic acids is 1. The van der Waals surface area contributed by atoms with E-state index in [0.29, 0.717) is 12.2 Å². The summed E-state index contributed by atoms with van der Waals surface area (Å²) in [7, 11) is 0. The molecule has 1 aromatic rings. The van der Waals surface area contributed by atoms with Gasteiger partial charge in [-0.25, -0.2) is 4.79 Å². The summed E-state index contributed by atoms with van der Waals surface area (Å²) in [5.74, 6) is 2.28. The average molecular weight is 401 g/mol. The van der Waals surface area contributed by atoms with Crippen molar-refractivity contribution in [1.29, 1.82) is 0 Å². The molecule has 0 heterocycles. The van der Waals surface area contributed by atoms with Crippen LogP contribution in [-0.4, -0.2) is 12.6 Å². The third-order valence-corrected chi connectivity index (χ3v) is 5.80. The first kappa shape index (κ1) is 25.5. The summed E-state index contributed by atoms with van der Waals surface area (Å²) in [6.45, 7) is 12.0. The molecule has 2 nitrogen and oxygen atoms in total. The molecule has 1 aromatic carbocycles. The van der Waals surface area contributed by atoms with Gasteiger partial charge in [-0.05, 0) is 55.7 Å². The van der Waals surface area contributed by atoms with E-state index >= 15 is 0 Å². The summed E-state index contributed by atoms with van der Waals surface area (Å²) >= 11 is 0. The Bertz CT molecular complexity index is 573. The lowest BCUT2D eigenvalue weighted by Crippen LogP contribution is -2.05. The zero-order valence-corrected chi connectivity index (χ0v) is 19.6. The molecule has 0 fully saturated rings. The molecule has 0 aliphatic heterocycles. The van der Waals surface area contributed by atoms with Gasteiger partial charge >= 0.3 is 5.97 Å². The highest BCUT2D eigenvalue weighted by molar-refractivity contribution is 5.89. The fraction of sp³-hybridized carbons (Fsp3) is 0.667. The van der Waals surface area contributed by atoms with Crippen LogP contribution in [0.1, 0.15) is 103 Å². The van der Waals surface area contributed by atoms with Crippen LogP contribution >= 0.6 is 0 Å². The molecule has 29 heavy (non-hydrogen) atoms. The quantitative estimate of drug-likeness (QED) is 0.219. The Hall–Kier alpha value is -1.57. The highest BCUT2D eigenvalue weighted by atomic mass is 16.5. The van der Waals surface area contributed by atoms with Crippen LogP contribution < -0.4 is 0 Å². The molecule has 164 valence electrons. The first-order chi connectivity index (χ1) is 13.9. The van der Waals surface area contributed by atoms with Crippen LogP contribution in [0.3, 0.4) is 0 Å². The maximum Gasteiger partial charge on any atom is 0.338 e. The Balaban J connectivity index is 2.08. The second kappa shape index (κ2) is 15.3. The van der Waals surface area contributed by atoms with Crippen molar-refractivity contribution in [2.75, 3.05) is 6.61 Å². The Morgan fingerprint density at radius 2 is 1.41 bits per heavy atom. The van der Waals surface area contributed by atoms with Crippen LogP contribution in [0, 0.1) is 17.8 Å². The third-order valence-electron chi connectivity index (χ3n) is 5.80. The maximum atomic E-state index is 11.9. The van der Waals surface area contributed by atoms with E-state index in [1.165, 1.54) is 56.9 Å². The first-order valence-electron chi connectivity index (χ1n) is 11.8. The van der Waals surface area contributed by atoms with Gasteiger partial charge in [0.15, 0.2) is 0 Å². The van der Waals surface area contributed by atoms with Gasteiger partial charge < -0.3 is 4.74 Å². The van der Waals surface area contributed by atoms with Crippen molar-refractivity contribution in [2.24, 2.45) is 17.8 Å². The van der Waals surface area contributed by atoms with Gasteiger partial charge in [0.05, 0.1) is 5.56 Å². The van der Waals surface area contributed by atoms with Gasteiger partial charge in [0.25, 0.3) is 0 Å². The summed E-state index contributed by atoms with van der Waals surface area (Å²) in [5, 5.41) is 0. The highest BCUT2D eigenvalue weighted by Gasteiger charge is 2.07. The highest BCUT2D eigenvalue weighted by Crippen LogP contribution is 2.22. The summed E-state index contributed by atoms with van der Waals surface area (Å²) in [6, 6.07) is 9.18. The van der Waals surface area contributed by atoms with Gasteiger partial charge in [0.2, 0.25) is 0 Å². The van der Waals surface area contributed by atoms with E-state index in [2.05, 4.69) is 34.6 Å². The summed E-state index contributed by atoms with van der Waals surface area (Å²) in [4.78, 5) is 11.9. The largest absolute Gasteiger partial charge is 0.458 e. The molecule has 0 aromatic heterocycles. The predicted octanol–water partition coefficient (Wildman–Crippen LogP) is 8.23. The Morgan fingerprint density at radius 1 is 0.862 bits per heavy atom. The molecular weight excluding hydrogens is 356 g/mol. The standard InChI is InChI=1S/C27H44O2/c1-22(2)12-9-13-23(3)14-10-15-24(4)16-11-17-25(5)20-21-29-27(28)26-18-7-6-8-19-26/h6-8,18-20,22-24H,9-17,21H2,1-5H3/b25-20+. The number of carbonyl (C=O) groups is 1. The molecule has 0 amide bonds. The monoisotopic (exact) mass is 400 g/mol. The molecule has 0 spiro atoms. The van der Waals surface area contributed by atoms with Crippen LogP contribution in [0.4, 0.5) is 0 Å². The fourth-order valence-corrected chi connectivity index (χ4v) is 3.73. The van der Waals surface area contributed by atoms with Crippen LogP contribution in [0.25, 0.3) is 0 Å². The van der Waals surface area contributed by atoms with Crippen molar-refractivity contribution in [2.45, 2.75) is 92.4 Å². The van der Waals surface area contributed by atoms with Crippen LogP contribution in [0.5, 0.6) is 0 Å². The number of rotatable bonds is 15. The van der Waals surface area contributed by atoms with Gasteiger partial charge in [0, 0.05) is 0 Å². The normalized spacial score (nSPS) is 14.1. The zero-order valence-electron chi connectivity index (χ0n) is 19.6. The SMILES string of the molecule is C/C(=C\COC(=O)c1ccccc1)CCCC(C)CCCC(C)CCCC(C)C. The van der Waals surface area contributed by atoms with E-state index in [1.807, 2.05) is 24.3 Å². The summed E-state index contributed by atoms with van der Waals surface area (Å²) < 4.78 is 5.33. The van der Waals surface area contributed by atoms with Crippen LogP contribution in [0.15, 0.2) is 42.0 Å². The second-order valence-corrected chi connectivity index (χ2v) is 9.37. The van der Waals surface area contributed by atoms with Crippen molar-refractivity contribution >= 4 is 5.97 Å². The fourth-order valence-electron chi connectivity index (χ4n) is 3.73. The van der Waals surface area contributed by atoms with E-state index in [1.54, 1.807) is 12.1 Å². The van der Waals surface area contributed by atoms with E-state index in [-0.39, 0.29) is 5.97 Å². The van der Waals surface area contributed by atoms with E-state index < -0.39 is 0 Å². The Morgan fingerprint density at radius 3 is 2.00 bits per heavy atom. The lowest BCUT2D eigenvalue weighted by Gasteiger charge is -2.15. The van der Waals surface area contributed by atoms with Crippen molar-refractivity contribution in [1.82, 2.24) is 0 Å². The molecule has 0 aliphatic rings. The van der Waals surface area contributed by atoms with E-state index in [4.69, 9.17) is 4.74 Å². The molecule has 0 aliphatic carbocycles. The molecule has 2 heteroatoms. The Kier molecular flexibility index (Phi) is 13.4. The summed E-state index contributed by atoms with van der Waals surface area (Å²) in [5.41, 5.74) is 1.93. The minimum absolute atomic E-state index is 0.248. The van der Waals surface area contributed by atoms with Gasteiger partial charge in [-0.3, -0.25) is 0 Å². The molecule has 0 N–H and O–H groups in total. The molecule has 0 radical (unpaired) electrons. The number of allylic oxidation sites excluding steroid dienone is 1. The maximum absolute atomic E-state index is 11.9. The molecule has 1 rings (SSSR count). The van der Waals surface area contributed by atoms with Gasteiger partial charge in [-0.2, -0.15) is 0 Å². The van der Waals surface area contributed by atoms with Crippen LogP contribution in [-0.2, 0) is 4.74 Å². The predicted molar refractivity (Wildman–Crippen MR) is 125 cm³/mol. The number of hydrogen-bond acceptors (Lipinski definition) is 2. The number of ether oxygens (including phenoxy) is 1. The van der Waals surface area contributed by atoms with Crippen LogP contribution in [0.2, 0.25) is 0 Å². The molecular formula is C27H44O2. The van der Waals surface area contributed by atoms with Gasteiger partial charge in [0.1, 0.15) is 6.61 Å². The topological polar surface area (TPSA) is 26.3 Å². The third kappa shape index (κ3) is 13.3. The average Bonchev–Trinajstić information content (AvgIpc) is 2.68. The number of hydrogen-bond donors (Lipinski definition) is 0. The van der Waals surface area contributed by atoms with Gasteiger partial charge in [-0.15, -0.1) is 0 Å².